The summed E-state index contributed by atoms with van der Waals surface area (Å²) in [6, 6.07) is 5.33. The first-order valence-electron chi connectivity index (χ1n) is 5.27. The third-order valence-corrected chi connectivity index (χ3v) is 2.72. The van der Waals surface area contributed by atoms with E-state index in [0.717, 1.165) is 16.9 Å². The highest BCUT2D eigenvalue weighted by Crippen LogP contribution is 2.21. The minimum atomic E-state index is -0.408. The van der Waals surface area contributed by atoms with Gasteiger partial charge in [-0.3, -0.25) is 4.79 Å². The van der Waals surface area contributed by atoms with Gasteiger partial charge in [-0.1, -0.05) is 13.8 Å². The number of carbonyl (C=O) groups is 1. The van der Waals surface area contributed by atoms with Gasteiger partial charge in [0.1, 0.15) is 5.82 Å². The predicted octanol–water partition coefficient (Wildman–Crippen LogP) is 1.80. The molecule has 1 aromatic heterocycles. The zero-order chi connectivity index (χ0) is 11.9. The summed E-state index contributed by atoms with van der Waals surface area (Å²) < 4.78 is 2.01. The highest BCUT2D eigenvalue weighted by Gasteiger charge is 2.12. The van der Waals surface area contributed by atoms with Crippen molar-refractivity contribution in [3.05, 3.63) is 29.6 Å². The normalized spacial score (nSPS) is 11.2. The highest BCUT2D eigenvalue weighted by molar-refractivity contribution is 5.96. The first-order valence-corrected chi connectivity index (χ1v) is 5.27. The molecule has 1 amide bonds. The van der Waals surface area contributed by atoms with E-state index in [-0.39, 0.29) is 0 Å². The molecule has 0 saturated carbocycles. The molecule has 2 N–H and O–H groups in total. The number of benzene rings is 1. The van der Waals surface area contributed by atoms with Crippen LogP contribution in [0.3, 0.4) is 0 Å². The molecule has 0 radical (unpaired) electrons. The lowest BCUT2D eigenvalue weighted by atomic mass is 10.2. The van der Waals surface area contributed by atoms with E-state index in [4.69, 9.17) is 5.73 Å². The van der Waals surface area contributed by atoms with Gasteiger partial charge in [-0.15, -0.1) is 0 Å². The summed E-state index contributed by atoms with van der Waals surface area (Å²) in [4.78, 5) is 15.6. The number of hydrogen-bond donors (Lipinski definition) is 1. The molecule has 1 aromatic carbocycles. The molecule has 0 aliphatic carbocycles. The minimum Gasteiger partial charge on any atom is -0.366 e. The Kier molecular flexibility index (Phi) is 2.42. The Morgan fingerprint density at radius 1 is 1.44 bits per heavy atom. The van der Waals surface area contributed by atoms with Crippen molar-refractivity contribution >= 4 is 16.9 Å². The lowest BCUT2D eigenvalue weighted by molar-refractivity contribution is 0.100. The van der Waals surface area contributed by atoms with E-state index in [0.29, 0.717) is 11.5 Å². The lowest BCUT2D eigenvalue weighted by Gasteiger charge is -2.04. The molecular weight excluding hydrogens is 202 g/mol. The fourth-order valence-electron chi connectivity index (χ4n) is 1.88. The van der Waals surface area contributed by atoms with Gasteiger partial charge in [-0.05, 0) is 18.2 Å². The van der Waals surface area contributed by atoms with Gasteiger partial charge in [0, 0.05) is 18.5 Å². The Morgan fingerprint density at radius 2 is 2.12 bits per heavy atom. The largest absolute Gasteiger partial charge is 0.366 e. The molecule has 2 rings (SSSR count). The molecule has 16 heavy (non-hydrogen) atoms. The average molecular weight is 217 g/mol. The number of primary amides is 1. The summed E-state index contributed by atoms with van der Waals surface area (Å²) in [7, 11) is 1.95. The monoisotopic (exact) mass is 217 g/mol. The van der Waals surface area contributed by atoms with Crippen LogP contribution in [0.5, 0.6) is 0 Å². The topological polar surface area (TPSA) is 60.9 Å². The first kappa shape index (κ1) is 10.7. The maximum atomic E-state index is 11.1. The van der Waals surface area contributed by atoms with E-state index in [2.05, 4.69) is 18.8 Å². The smallest absolute Gasteiger partial charge is 0.248 e. The van der Waals surface area contributed by atoms with E-state index in [1.807, 2.05) is 17.7 Å². The van der Waals surface area contributed by atoms with Crippen molar-refractivity contribution in [2.24, 2.45) is 12.8 Å². The molecule has 4 heteroatoms. The third-order valence-electron chi connectivity index (χ3n) is 2.72. The molecule has 1 heterocycles. The van der Waals surface area contributed by atoms with Gasteiger partial charge in [0.25, 0.3) is 0 Å². The number of aromatic nitrogens is 2. The van der Waals surface area contributed by atoms with Crippen molar-refractivity contribution in [2.75, 3.05) is 0 Å². The average Bonchev–Trinajstić information content (AvgIpc) is 2.56. The van der Waals surface area contributed by atoms with Gasteiger partial charge in [-0.25, -0.2) is 4.98 Å². The maximum Gasteiger partial charge on any atom is 0.248 e. The second kappa shape index (κ2) is 3.63. The van der Waals surface area contributed by atoms with E-state index in [1.54, 1.807) is 12.1 Å². The Hall–Kier alpha value is -1.84. The number of carbonyl (C=O) groups excluding carboxylic acids is 1. The van der Waals surface area contributed by atoms with E-state index >= 15 is 0 Å². The maximum absolute atomic E-state index is 11.1. The molecule has 4 nitrogen and oxygen atoms in total. The standard InChI is InChI=1S/C12H15N3O/c1-7(2)12-14-9-5-4-8(11(13)16)6-10(9)15(12)3/h4-7H,1-3H3,(H2,13,16). The van der Waals surface area contributed by atoms with Crippen LogP contribution in [-0.2, 0) is 7.05 Å². The van der Waals surface area contributed by atoms with Crippen molar-refractivity contribution in [2.45, 2.75) is 19.8 Å². The van der Waals surface area contributed by atoms with Crippen LogP contribution in [0.4, 0.5) is 0 Å². The zero-order valence-electron chi connectivity index (χ0n) is 9.69. The van der Waals surface area contributed by atoms with Crippen LogP contribution < -0.4 is 5.73 Å². The number of rotatable bonds is 2. The van der Waals surface area contributed by atoms with Gasteiger partial charge in [0.2, 0.25) is 5.91 Å². The molecular formula is C12H15N3O. The lowest BCUT2D eigenvalue weighted by Crippen LogP contribution is -2.10. The number of nitrogens with two attached hydrogens (primary N) is 1. The van der Waals surface area contributed by atoms with Crippen molar-refractivity contribution < 1.29 is 4.79 Å². The van der Waals surface area contributed by atoms with Crippen LogP contribution in [0.15, 0.2) is 18.2 Å². The molecule has 0 atom stereocenters. The zero-order valence-corrected chi connectivity index (χ0v) is 9.69. The summed E-state index contributed by atoms with van der Waals surface area (Å²) in [6.45, 7) is 4.19. The van der Waals surface area contributed by atoms with Crippen LogP contribution in [-0.4, -0.2) is 15.5 Å². The number of amides is 1. The molecule has 0 aliphatic heterocycles. The summed E-state index contributed by atoms with van der Waals surface area (Å²) in [5.74, 6) is 0.959. The number of imidazole rings is 1. The summed E-state index contributed by atoms with van der Waals surface area (Å²) in [6.07, 6.45) is 0. The molecule has 0 bridgehead atoms. The summed E-state index contributed by atoms with van der Waals surface area (Å²) >= 11 is 0. The third kappa shape index (κ3) is 1.56. The number of aryl methyl sites for hydroxylation is 1. The number of hydrogen-bond acceptors (Lipinski definition) is 2. The van der Waals surface area contributed by atoms with Gasteiger partial charge >= 0.3 is 0 Å². The van der Waals surface area contributed by atoms with E-state index in [9.17, 15) is 4.79 Å². The first-order chi connectivity index (χ1) is 7.50. The second-order valence-corrected chi connectivity index (χ2v) is 4.25. The van der Waals surface area contributed by atoms with Crippen molar-refractivity contribution in [3.63, 3.8) is 0 Å². The molecule has 0 unspecified atom stereocenters. The second-order valence-electron chi connectivity index (χ2n) is 4.25. The van der Waals surface area contributed by atoms with Crippen LogP contribution in [0, 0.1) is 0 Å². The van der Waals surface area contributed by atoms with Gasteiger partial charge < -0.3 is 10.3 Å². The van der Waals surface area contributed by atoms with Gasteiger partial charge in [0.05, 0.1) is 11.0 Å². The molecule has 0 saturated heterocycles. The fourth-order valence-corrected chi connectivity index (χ4v) is 1.88. The van der Waals surface area contributed by atoms with Crippen molar-refractivity contribution in [3.8, 4) is 0 Å². The van der Waals surface area contributed by atoms with Gasteiger partial charge in [-0.2, -0.15) is 0 Å². The minimum absolute atomic E-state index is 0.356. The molecule has 0 aliphatic rings. The van der Waals surface area contributed by atoms with Crippen LogP contribution >= 0.6 is 0 Å². The number of fused-ring (bicyclic) bond motifs is 1. The van der Waals surface area contributed by atoms with Gasteiger partial charge in [0.15, 0.2) is 0 Å². The molecule has 84 valence electrons. The SMILES string of the molecule is CC(C)c1nc2ccc(C(N)=O)cc2n1C. The van der Waals surface area contributed by atoms with Crippen LogP contribution in [0.25, 0.3) is 11.0 Å². The van der Waals surface area contributed by atoms with E-state index < -0.39 is 5.91 Å². The molecule has 0 spiro atoms. The van der Waals surface area contributed by atoms with Crippen LogP contribution in [0.2, 0.25) is 0 Å². The van der Waals surface area contributed by atoms with E-state index in [1.165, 1.54) is 0 Å². The summed E-state index contributed by atoms with van der Waals surface area (Å²) in [5.41, 5.74) is 7.62. The van der Waals surface area contributed by atoms with Crippen LogP contribution in [0.1, 0.15) is 35.9 Å². The Labute approximate surface area is 94.1 Å². The number of nitrogens with zero attached hydrogens (tertiary/aromatic N) is 2. The highest BCUT2D eigenvalue weighted by atomic mass is 16.1. The quantitative estimate of drug-likeness (QED) is 0.833. The Balaban J connectivity index is 2.69. The Bertz CT molecular complexity index is 555. The predicted molar refractivity (Wildman–Crippen MR) is 63.3 cm³/mol. The van der Waals surface area contributed by atoms with Crippen molar-refractivity contribution in [1.82, 2.24) is 9.55 Å². The summed E-state index contributed by atoms with van der Waals surface area (Å²) in [5, 5.41) is 0. The molecule has 2 aromatic rings. The van der Waals surface area contributed by atoms with Crippen molar-refractivity contribution in [1.29, 1.82) is 0 Å². The molecule has 0 fully saturated rings. The fraction of sp³-hybridized carbons (Fsp3) is 0.333. The Morgan fingerprint density at radius 3 is 2.69 bits per heavy atom.